The fraction of sp³-hybridized carbons (Fsp3) is 0.286. The van der Waals surface area contributed by atoms with E-state index in [0.717, 1.165) is 17.5 Å². The van der Waals surface area contributed by atoms with E-state index in [-0.39, 0.29) is 16.7 Å². The van der Waals surface area contributed by atoms with Crippen molar-refractivity contribution in [3.8, 4) is 0 Å². The van der Waals surface area contributed by atoms with Crippen LogP contribution in [0, 0.1) is 10.1 Å². The third kappa shape index (κ3) is 3.42. The number of rotatable bonds is 6. The molecule has 0 bridgehead atoms. The largest absolute Gasteiger partial charge is 0.472 e. The lowest BCUT2D eigenvalue weighted by molar-refractivity contribution is -0.384. The topological polar surface area (TPSA) is 68.3 Å². The number of hydrogen-bond donors (Lipinski definition) is 1. The molecule has 100 valence electrons. The first-order chi connectivity index (χ1) is 9.20. The van der Waals surface area contributed by atoms with Gasteiger partial charge in [-0.25, -0.2) is 0 Å². The Bertz CT molecular complexity index is 537. The van der Waals surface area contributed by atoms with Crippen molar-refractivity contribution in [1.29, 1.82) is 0 Å². The van der Waals surface area contributed by atoms with E-state index in [0.29, 0.717) is 6.54 Å². The molecule has 0 aliphatic rings. The third-order valence-electron chi connectivity index (χ3n) is 3.02. The molecule has 2 aromatic rings. The molecule has 1 aromatic heterocycles. The van der Waals surface area contributed by atoms with Gasteiger partial charge >= 0.3 is 0 Å². The van der Waals surface area contributed by atoms with Crippen LogP contribution >= 0.6 is 0 Å². The van der Waals surface area contributed by atoms with Gasteiger partial charge in [-0.05, 0) is 18.1 Å². The number of furan rings is 1. The molecule has 2 rings (SSSR count). The van der Waals surface area contributed by atoms with E-state index >= 15 is 0 Å². The number of nitro groups is 1. The van der Waals surface area contributed by atoms with Gasteiger partial charge in [-0.15, -0.1) is 0 Å². The number of nitrogens with one attached hydrogen (secondary N) is 1. The van der Waals surface area contributed by atoms with Gasteiger partial charge in [0.15, 0.2) is 0 Å². The van der Waals surface area contributed by atoms with E-state index in [1.807, 2.05) is 19.1 Å². The van der Waals surface area contributed by atoms with Crippen LogP contribution in [0.2, 0.25) is 0 Å². The van der Waals surface area contributed by atoms with Crippen molar-refractivity contribution in [1.82, 2.24) is 5.32 Å². The molecule has 5 heteroatoms. The van der Waals surface area contributed by atoms with Crippen molar-refractivity contribution in [2.75, 3.05) is 0 Å². The Morgan fingerprint density at radius 1 is 1.42 bits per heavy atom. The van der Waals surface area contributed by atoms with E-state index < -0.39 is 0 Å². The maximum absolute atomic E-state index is 10.8. The second-order valence-electron chi connectivity index (χ2n) is 4.33. The van der Waals surface area contributed by atoms with Gasteiger partial charge in [0.1, 0.15) is 0 Å². The van der Waals surface area contributed by atoms with Crippen LogP contribution in [0.4, 0.5) is 5.69 Å². The van der Waals surface area contributed by atoms with Gasteiger partial charge in [0, 0.05) is 30.3 Å². The molecule has 5 nitrogen and oxygen atoms in total. The summed E-state index contributed by atoms with van der Waals surface area (Å²) in [6.07, 6.45) is 4.18. The summed E-state index contributed by atoms with van der Waals surface area (Å²) in [5, 5.41) is 14.2. The molecule has 0 radical (unpaired) electrons. The van der Waals surface area contributed by atoms with E-state index in [1.54, 1.807) is 24.7 Å². The van der Waals surface area contributed by atoms with Crippen LogP contribution in [0.3, 0.4) is 0 Å². The molecule has 1 heterocycles. The molecule has 0 fully saturated rings. The lowest BCUT2D eigenvalue weighted by Crippen LogP contribution is -2.20. The molecule has 0 saturated carbocycles. The highest BCUT2D eigenvalue weighted by Gasteiger charge is 2.13. The maximum Gasteiger partial charge on any atom is 0.269 e. The van der Waals surface area contributed by atoms with E-state index in [9.17, 15) is 10.1 Å². The summed E-state index contributed by atoms with van der Waals surface area (Å²) in [6.45, 7) is 2.73. The summed E-state index contributed by atoms with van der Waals surface area (Å²) < 4.78 is 5.01. The Morgan fingerprint density at radius 3 is 2.89 bits per heavy atom. The quantitative estimate of drug-likeness (QED) is 0.638. The van der Waals surface area contributed by atoms with Gasteiger partial charge in [0.25, 0.3) is 5.69 Å². The first kappa shape index (κ1) is 13.3. The molecular weight excluding hydrogens is 244 g/mol. The maximum atomic E-state index is 10.8. The van der Waals surface area contributed by atoms with Gasteiger partial charge in [0.2, 0.25) is 0 Å². The predicted octanol–water partition coefficient (Wildman–Crippen LogP) is 3.43. The Balaban J connectivity index is 2.08. The lowest BCUT2D eigenvalue weighted by Gasteiger charge is -2.16. The highest BCUT2D eigenvalue weighted by Crippen LogP contribution is 2.22. The standard InChI is InChI=1S/C14H16N2O3/c1-2-14(15-9-11-6-7-19-10-11)12-4-3-5-13(8-12)16(17)18/h3-8,10,14-15H,2,9H2,1H3. The van der Waals surface area contributed by atoms with Crippen molar-refractivity contribution < 1.29 is 9.34 Å². The fourth-order valence-electron chi connectivity index (χ4n) is 1.99. The van der Waals surface area contributed by atoms with Crippen LogP contribution in [0.15, 0.2) is 47.3 Å². The highest BCUT2D eigenvalue weighted by molar-refractivity contribution is 5.35. The zero-order valence-electron chi connectivity index (χ0n) is 10.7. The normalized spacial score (nSPS) is 12.3. The highest BCUT2D eigenvalue weighted by atomic mass is 16.6. The van der Waals surface area contributed by atoms with Crippen molar-refractivity contribution in [2.45, 2.75) is 25.9 Å². The number of nitrogens with zero attached hydrogens (tertiary/aromatic N) is 1. The van der Waals surface area contributed by atoms with Gasteiger partial charge in [-0.2, -0.15) is 0 Å². The summed E-state index contributed by atoms with van der Waals surface area (Å²) >= 11 is 0. The summed E-state index contributed by atoms with van der Waals surface area (Å²) in [6, 6.07) is 8.74. The predicted molar refractivity (Wildman–Crippen MR) is 71.7 cm³/mol. The van der Waals surface area contributed by atoms with Gasteiger partial charge in [-0.1, -0.05) is 19.1 Å². The van der Waals surface area contributed by atoms with Gasteiger partial charge in [-0.3, -0.25) is 10.1 Å². The minimum absolute atomic E-state index is 0.0924. The first-order valence-electron chi connectivity index (χ1n) is 6.19. The molecule has 0 saturated heterocycles. The van der Waals surface area contributed by atoms with Crippen LogP contribution in [0.1, 0.15) is 30.5 Å². The lowest BCUT2D eigenvalue weighted by atomic mass is 10.0. The first-order valence-corrected chi connectivity index (χ1v) is 6.19. The van der Waals surface area contributed by atoms with E-state index in [4.69, 9.17) is 4.42 Å². The van der Waals surface area contributed by atoms with Crippen LogP contribution in [-0.4, -0.2) is 4.92 Å². The monoisotopic (exact) mass is 260 g/mol. The molecule has 1 atom stereocenters. The van der Waals surface area contributed by atoms with Crippen molar-refractivity contribution >= 4 is 5.69 Å². The fourth-order valence-corrected chi connectivity index (χ4v) is 1.99. The van der Waals surface area contributed by atoms with Crippen molar-refractivity contribution in [3.05, 3.63) is 64.1 Å². The van der Waals surface area contributed by atoms with E-state index in [2.05, 4.69) is 5.32 Å². The Morgan fingerprint density at radius 2 is 2.26 bits per heavy atom. The second kappa shape index (κ2) is 6.15. The average molecular weight is 260 g/mol. The third-order valence-corrected chi connectivity index (χ3v) is 3.02. The Labute approximate surface area is 111 Å². The Hall–Kier alpha value is -2.14. The molecule has 0 amide bonds. The molecule has 19 heavy (non-hydrogen) atoms. The van der Waals surface area contributed by atoms with Crippen LogP contribution in [0.5, 0.6) is 0 Å². The summed E-state index contributed by atoms with van der Waals surface area (Å²) in [5.41, 5.74) is 2.12. The molecule has 1 N–H and O–H groups in total. The number of hydrogen-bond acceptors (Lipinski definition) is 4. The van der Waals surface area contributed by atoms with Gasteiger partial charge < -0.3 is 9.73 Å². The summed E-state index contributed by atoms with van der Waals surface area (Å²) in [7, 11) is 0. The minimum atomic E-state index is -0.369. The van der Waals surface area contributed by atoms with Gasteiger partial charge in [0.05, 0.1) is 17.4 Å². The van der Waals surface area contributed by atoms with Crippen molar-refractivity contribution in [3.63, 3.8) is 0 Å². The SMILES string of the molecule is CCC(NCc1ccoc1)c1cccc([N+](=O)[O-])c1. The smallest absolute Gasteiger partial charge is 0.269 e. The van der Waals surface area contributed by atoms with Crippen LogP contribution in [-0.2, 0) is 6.54 Å². The summed E-state index contributed by atoms with van der Waals surface area (Å²) in [4.78, 5) is 10.4. The molecule has 0 spiro atoms. The van der Waals surface area contributed by atoms with Crippen molar-refractivity contribution in [2.24, 2.45) is 0 Å². The minimum Gasteiger partial charge on any atom is -0.472 e. The zero-order valence-corrected chi connectivity index (χ0v) is 10.7. The Kier molecular flexibility index (Phi) is 4.30. The molecule has 1 unspecified atom stereocenters. The molecule has 0 aliphatic heterocycles. The number of non-ortho nitro benzene ring substituents is 1. The number of benzene rings is 1. The summed E-state index contributed by atoms with van der Waals surface area (Å²) in [5.74, 6) is 0. The number of nitro benzene ring substituents is 1. The molecule has 1 aromatic carbocycles. The average Bonchev–Trinajstić information content (AvgIpc) is 2.93. The second-order valence-corrected chi connectivity index (χ2v) is 4.33. The zero-order chi connectivity index (χ0) is 13.7. The van der Waals surface area contributed by atoms with E-state index in [1.165, 1.54) is 6.07 Å². The van der Waals surface area contributed by atoms with Crippen LogP contribution < -0.4 is 5.32 Å². The molecular formula is C14H16N2O3. The van der Waals surface area contributed by atoms with Crippen LogP contribution in [0.25, 0.3) is 0 Å². The molecule has 0 aliphatic carbocycles.